The molecular weight excluding hydrogens is 328 g/mol. The van der Waals surface area contributed by atoms with Gasteiger partial charge in [-0.3, -0.25) is 19.1 Å². The first kappa shape index (κ1) is 16.0. The molecule has 0 fully saturated rings. The Morgan fingerprint density at radius 2 is 1.71 bits per heavy atom. The standard InChI is InChI=1S/C18H13ClN2O3/c19-15-6-2-5-14(10-15)17(23)13-4-1-3-12(9-13)11-21-8-7-16(22)20-18(21)24/h1-10H,11H2,(H,20,22,24). The van der Waals surface area contributed by atoms with Gasteiger partial charge in [-0.15, -0.1) is 0 Å². The number of nitrogens with zero attached hydrogens (tertiary/aromatic N) is 1. The lowest BCUT2D eigenvalue weighted by Crippen LogP contribution is -2.28. The fourth-order valence-electron chi connectivity index (χ4n) is 2.37. The van der Waals surface area contributed by atoms with Gasteiger partial charge in [0, 0.05) is 28.4 Å². The molecule has 0 saturated carbocycles. The summed E-state index contributed by atoms with van der Waals surface area (Å²) < 4.78 is 1.37. The molecule has 0 radical (unpaired) electrons. The van der Waals surface area contributed by atoms with Gasteiger partial charge in [0.1, 0.15) is 0 Å². The summed E-state index contributed by atoms with van der Waals surface area (Å²) in [4.78, 5) is 37.6. The van der Waals surface area contributed by atoms with Crippen LogP contribution < -0.4 is 11.2 Å². The van der Waals surface area contributed by atoms with Crippen LogP contribution in [0.25, 0.3) is 0 Å². The van der Waals surface area contributed by atoms with Crippen LogP contribution in [0.4, 0.5) is 0 Å². The highest BCUT2D eigenvalue weighted by atomic mass is 35.5. The molecular formula is C18H13ClN2O3. The van der Waals surface area contributed by atoms with E-state index in [1.807, 2.05) is 6.07 Å². The molecule has 0 aliphatic carbocycles. The summed E-state index contributed by atoms with van der Waals surface area (Å²) in [7, 11) is 0. The summed E-state index contributed by atoms with van der Waals surface area (Å²) in [5.74, 6) is -0.145. The van der Waals surface area contributed by atoms with Gasteiger partial charge in [-0.25, -0.2) is 4.79 Å². The molecule has 0 aliphatic rings. The lowest BCUT2D eigenvalue weighted by Gasteiger charge is -2.07. The van der Waals surface area contributed by atoms with E-state index in [-0.39, 0.29) is 12.3 Å². The van der Waals surface area contributed by atoms with Crippen LogP contribution in [0.15, 0.2) is 70.4 Å². The number of halogens is 1. The second-order valence-corrected chi connectivity index (χ2v) is 5.71. The molecule has 24 heavy (non-hydrogen) atoms. The minimum Gasteiger partial charge on any atom is -0.296 e. The van der Waals surface area contributed by atoms with E-state index >= 15 is 0 Å². The zero-order valence-electron chi connectivity index (χ0n) is 12.5. The number of H-pyrrole nitrogens is 1. The molecule has 0 atom stereocenters. The maximum absolute atomic E-state index is 12.5. The van der Waals surface area contributed by atoms with Crippen molar-refractivity contribution in [3.63, 3.8) is 0 Å². The highest BCUT2D eigenvalue weighted by Gasteiger charge is 2.10. The maximum atomic E-state index is 12.5. The number of ketones is 1. The monoisotopic (exact) mass is 340 g/mol. The van der Waals surface area contributed by atoms with Crippen molar-refractivity contribution >= 4 is 17.4 Å². The van der Waals surface area contributed by atoms with Crippen molar-refractivity contribution < 1.29 is 4.79 Å². The van der Waals surface area contributed by atoms with E-state index in [0.29, 0.717) is 16.1 Å². The predicted octanol–water partition coefficient (Wildman–Crippen LogP) is 2.47. The number of rotatable bonds is 4. The van der Waals surface area contributed by atoms with Crippen molar-refractivity contribution in [3.8, 4) is 0 Å². The normalized spacial score (nSPS) is 10.5. The molecule has 3 aromatic rings. The van der Waals surface area contributed by atoms with Crippen molar-refractivity contribution in [2.24, 2.45) is 0 Å². The summed E-state index contributed by atoms with van der Waals surface area (Å²) in [6, 6.07) is 15.0. The molecule has 0 saturated heterocycles. The van der Waals surface area contributed by atoms with Crippen LogP contribution in [0.3, 0.4) is 0 Å². The number of carbonyl (C=O) groups excluding carboxylic acids is 1. The van der Waals surface area contributed by atoms with E-state index in [1.165, 1.54) is 16.8 Å². The molecule has 1 N–H and O–H groups in total. The van der Waals surface area contributed by atoms with Crippen molar-refractivity contribution in [2.45, 2.75) is 6.54 Å². The maximum Gasteiger partial charge on any atom is 0.328 e. The van der Waals surface area contributed by atoms with Gasteiger partial charge in [0.05, 0.1) is 6.54 Å². The summed E-state index contributed by atoms with van der Waals surface area (Å²) in [6.45, 7) is 0.256. The topological polar surface area (TPSA) is 71.9 Å². The Labute approximate surface area is 142 Å². The first-order chi connectivity index (χ1) is 11.5. The van der Waals surface area contributed by atoms with E-state index in [2.05, 4.69) is 4.98 Å². The summed E-state index contributed by atoms with van der Waals surface area (Å²) in [5, 5.41) is 0.497. The van der Waals surface area contributed by atoms with E-state index in [1.54, 1.807) is 42.5 Å². The zero-order chi connectivity index (χ0) is 17.1. The van der Waals surface area contributed by atoms with Crippen molar-refractivity contribution in [1.82, 2.24) is 9.55 Å². The fraction of sp³-hybridized carbons (Fsp3) is 0.0556. The zero-order valence-corrected chi connectivity index (χ0v) is 13.3. The Balaban J connectivity index is 1.90. The summed E-state index contributed by atoms with van der Waals surface area (Å²) in [6.07, 6.45) is 1.42. The Bertz CT molecular complexity index is 1020. The van der Waals surface area contributed by atoms with E-state index in [4.69, 9.17) is 11.6 Å². The lowest BCUT2D eigenvalue weighted by atomic mass is 10.0. The molecule has 1 aromatic heterocycles. The van der Waals surface area contributed by atoms with Gasteiger partial charge in [-0.2, -0.15) is 0 Å². The number of hydrogen-bond donors (Lipinski definition) is 1. The summed E-state index contributed by atoms with van der Waals surface area (Å²) in [5.41, 5.74) is 0.848. The number of carbonyl (C=O) groups is 1. The summed E-state index contributed by atoms with van der Waals surface area (Å²) >= 11 is 5.93. The first-order valence-corrected chi connectivity index (χ1v) is 7.60. The molecule has 5 nitrogen and oxygen atoms in total. The van der Waals surface area contributed by atoms with Crippen molar-refractivity contribution in [1.29, 1.82) is 0 Å². The van der Waals surface area contributed by atoms with E-state index < -0.39 is 11.2 Å². The van der Waals surface area contributed by atoms with Gasteiger partial charge in [0.15, 0.2) is 5.78 Å². The van der Waals surface area contributed by atoms with Crippen LogP contribution in [0.5, 0.6) is 0 Å². The van der Waals surface area contributed by atoms with E-state index in [9.17, 15) is 14.4 Å². The smallest absolute Gasteiger partial charge is 0.296 e. The van der Waals surface area contributed by atoms with Gasteiger partial charge in [0.25, 0.3) is 5.56 Å². The third-order valence-corrected chi connectivity index (χ3v) is 3.76. The molecule has 0 bridgehead atoms. The largest absolute Gasteiger partial charge is 0.328 e. The second-order valence-electron chi connectivity index (χ2n) is 5.28. The van der Waals surface area contributed by atoms with E-state index in [0.717, 1.165) is 5.56 Å². The Morgan fingerprint density at radius 1 is 1.00 bits per heavy atom. The van der Waals surface area contributed by atoms with Crippen LogP contribution in [-0.4, -0.2) is 15.3 Å². The quantitative estimate of drug-likeness (QED) is 0.742. The highest BCUT2D eigenvalue weighted by Crippen LogP contribution is 2.16. The molecule has 6 heteroatoms. The van der Waals surface area contributed by atoms with Crippen LogP contribution in [0.1, 0.15) is 21.5 Å². The van der Waals surface area contributed by atoms with Crippen LogP contribution in [0.2, 0.25) is 5.02 Å². The molecule has 120 valence electrons. The van der Waals surface area contributed by atoms with Crippen LogP contribution >= 0.6 is 11.6 Å². The first-order valence-electron chi connectivity index (χ1n) is 7.22. The van der Waals surface area contributed by atoms with Crippen molar-refractivity contribution in [2.75, 3.05) is 0 Å². The Morgan fingerprint density at radius 3 is 2.42 bits per heavy atom. The minimum atomic E-state index is -0.492. The Kier molecular flexibility index (Phi) is 4.44. The van der Waals surface area contributed by atoms with Gasteiger partial charge < -0.3 is 0 Å². The van der Waals surface area contributed by atoms with Gasteiger partial charge in [0.2, 0.25) is 0 Å². The molecule has 0 amide bonds. The number of aromatic nitrogens is 2. The minimum absolute atomic E-state index is 0.145. The molecule has 1 heterocycles. The van der Waals surface area contributed by atoms with Gasteiger partial charge in [-0.05, 0) is 23.8 Å². The molecule has 2 aromatic carbocycles. The van der Waals surface area contributed by atoms with Crippen LogP contribution in [-0.2, 0) is 6.54 Å². The molecule has 3 rings (SSSR count). The number of benzene rings is 2. The van der Waals surface area contributed by atoms with Gasteiger partial charge in [-0.1, -0.05) is 41.9 Å². The molecule has 0 unspecified atom stereocenters. The predicted molar refractivity (Wildman–Crippen MR) is 91.8 cm³/mol. The lowest BCUT2D eigenvalue weighted by molar-refractivity contribution is 0.103. The SMILES string of the molecule is O=C(c1cccc(Cl)c1)c1cccc(Cn2ccc(=O)[nH]c2=O)c1. The molecule has 0 spiro atoms. The Hall–Kier alpha value is -2.92. The molecule has 0 aliphatic heterocycles. The average molecular weight is 341 g/mol. The third kappa shape index (κ3) is 3.52. The number of hydrogen-bond acceptors (Lipinski definition) is 3. The fourth-order valence-corrected chi connectivity index (χ4v) is 2.56. The highest BCUT2D eigenvalue weighted by molar-refractivity contribution is 6.31. The third-order valence-electron chi connectivity index (χ3n) is 3.53. The van der Waals surface area contributed by atoms with Gasteiger partial charge >= 0.3 is 5.69 Å². The van der Waals surface area contributed by atoms with Crippen molar-refractivity contribution in [3.05, 3.63) is 103 Å². The average Bonchev–Trinajstić information content (AvgIpc) is 2.57. The number of nitrogens with one attached hydrogen (secondary N) is 1. The second kappa shape index (κ2) is 6.68. The van der Waals surface area contributed by atoms with Crippen LogP contribution in [0, 0.1) is 0 Å². The number of aromatic amines is 1.